The first-order valence-corrected chi connectivity index (χ1v) is 6.70. The zero-order chi connectivity index (χ0) is 13.7. The minimum atomic E-state index is -1.32. The van der Waals surface area contributed by atoms with Crippen LogP contribution in [-0.4, -0.2) is 25.2 Å². The number of carbonyl (C=O) groups excluding carboxylic acids is 2. The number of benzene rings is 1. The van der Waals surface area contributed by atoms with E-state index in [2.05, 4.69) is 0 Å². The summed E-state index contributed by atoms with van der Waals surface area (Å²) in [6, 6.07) is 3.10. The molecule has 0 atom stereocenters. The second kappa shape index (κ2) is 11.7. The molecule has 10 heteroatoms. The van der Waals surface area contributed by atoms with Gasteiger partial charge in [0.1, 0.15) is 24.7 Å². The maximum atomic E-state index is 10.3. The summed E-state index contributed by atoms with van der Waals surface area (Å²) in [7, 11) is 0. The van der Waals surface area contributed by atoms with Gasteiger partial charge in [0.05, 0.1) is 19.1 Å². The van der Waals surface area contributed by atoms with Crippen molar-refractivity contribution in [1.29, 1.82) is 0 Å². The topological polar surface area (TPSA) is 98.7 Å². The number of hydrogen-bond donors (Lipinski definition) is 0. The molecule has 0 N–H and O–H groups in total. The molecule has 0 bridgehead atoms. The Morgan fingerprint density at radius 2 is 1.20 bits per heavy atom. The molecule has 0 amide bonds. The molecule has 0 saturated heterocycles. The second-order valence-electron chi connectivity index (χ2n) is 3.03. The molecule has 0 radical (unpaired) electrons. The number of ether oxygens (including phenoxy) is 2. The fraction of sp³-hybridized carbons (Fsp3) is 0.200. The van der Waals surface area contributed by atoms with Crippen LogP contribution in [0.4, 0.5) is 0 Å². The van der Waals surface area contributed by atoms with Gasteiger partial charge in [0.25, 0.3) is 0 Å². The van der Waals surface area contributed by atoms with E-state index in [0.29, 0.717) is 18.6 Å². The van der Waals surface area contributed by atoms with Crippen LogP contribution in [0.5, 0.6) is 11.5 Å². The third-order valence-electron chi connectivity index (χ3n) is 1.68. The van der Waals surface area contributed by atoms with Gasteiger partial charge in [-0.1, -0.05) is 0 Å². The standard InChI is InChI=1S/C10H8I2O6.2Na/c11-5-1-7(17-3-9(13)14)6(12)2-8(5)18-4-10(15)16;;/h1-2H,3-4H2,(H,13,14)(H,15,16);;/q;2*+1/p-2. The van der Waals surface area contributed by atoms with Gasteiger partial charge < -0.3 is 29.3 Å². The summed E-state index contributed by atoms with van der Waals surface area (Å²) >= 11 is 3.84. The van der Waals surface area contributed by atoms with Crippen LogP contribution in [0.25, 0.3) is 0 Å². The van der Waals surface area contributed by atoms with Crippen molar-refractivity contribution in [1.82, 2.24) is 0 Å². The summed E-state index contributed by atoms with van der Waals surface area (Å²) in [4.78, 5) is 20.6. The molecule has 0 saturated carbocycles. The van der Waals surface area contributed by atoms with Crippen molar-refractivity contribution in [3.8, 4) is 11.5 Å². The Kier molecular flexibility index (Phi) is 13.8. The van der Waals surface area contributed by atoms with E-state index in [0.717, 1.165) is 0 Å². The fourth-order valence-electron chi connectivity index (χ4n) is 1.00. The third kappa shape index (κ3) is 8.61. The third-order valence-corrected chi connectivity index (χ3v) is 3.36. The number of carboxylic acid groups (broad SMARTS) is 2. The Labute approximate surface area is 186 Å². The van der Waals surface area contributed by atoms with Crippen molar-refractivity contribution in [3.63, 3.8) is 0 Å². The van der Waals surface area contributed by atoms with Crippen LogP contribution >= 0.6 is 45.2 Å². The van der Waals surface area contributed by atoms with E-state index in [1.807, 2.05) is 45.2 Å². The molecule has 1 aromatic carbocycles. The van der Waals surface area contributed by atoms with Crippen LogP contribution in [0.2, 0.25) is 0 Å². The van der Waals surface area contributed by atoms with Crippen LogP contribution in [0.3, 0.4) is 0 Å². The van der Waals surface area contributed by atoms with Crippen molar-refractivity contribution in [2.24, 2.45) is 0 Å². The molecule has 1 rings (SSSR count). The molecule has 0 fully saturated rings. The van der Waals surface area contributed by atoms with E-state index in [9.17, 15) is 19.8 Å². The SMILES string of the molecule is O=C([O-])COc1cc(I)c(OCC(=O)[O-])cc1I.[Na+].[Na+]. The quantitative estimate of drug-likeness (QED) is 0.273. The van der Waals surface area contributed by atoms with E-state index in [1.165, 1.54) is 0 Å². The summed E-state index contributed by atoms with van der Waals surface area (Å²) in [5.41, 5.74) is 0. The average Bonchev–Trinajstić information content (AvgIpc) is 2.27. The second-order valence-corrected chi connectivity index (χ2v) is 5.36. The molecule has 0 unspecified atom stereocenters. The van der Waals surface area contributed by atoms with Crippen LogP contribution in [-0.2, 0) is 9.59 Å². The monoisotopic (exact) mass is 522 g/mol. The maximum Gasteiger partial charge on any atom is 1.00 e. The summed E-state index contributed by atoms with van der Waals surface area (Å²) in [5.74, 6) is -1.91. The van der Waals surface area contributed by atoms with Gasteiger partial charge in [-0.15, -0.1) is 0 Å². The minimum Gasteiger partial charge on any atom is -0.546 e. The van der Waals surface area contributed by atoms with Crippen LogP contribution in [0.15, 0.2) is 12.1 Å². The van der Waals surface area contributed by atoms with Gasteiger partial charge in [0.15, 0.2) is 0 Å². The molecular formula is C10H6I2Na2O6. The van der Waals surface area contributed by atoms with Crippen molar-refractivity contribution >= 4 is 57.1 Å². The van der Waals surface area contributed by atoms with E-state index < -0.39 is 25.2 Å². The molecule has 0 aromatic heterocycles. The van der Waals surface area contributed by atoms with Gasteiger partial charge in [0.2, 0.25) is 0 Å². The molecule has 6 nitrogen and oxygen atoms in total. The predicted molar refractivity (Wildman–Crippen MR) is 72.9 cm³/mol. The molecule has 0 aliphatic rings. The van der Waals surface area contributed by atoms with Crippen molar-refractivity contribution in [2.75, 3.05) is 13.2 Å². The number of carboxylic acids is 2. The van der Waals surface area contributed by atoms with Gasteiger partial charge in [-0.2, -0.15) is 0 Å². The molecular weight excluding hydrogens is 516 g/mol. The molecule has 0 heterocycles. The van der Waals surface area contributed by atoms with Crippen LogP contribution in [0.1, 0.15) is 0 Å². The largest absolute Gasteiger partial charge is 1.00 e. The van der Waals surface area contributed by atoms with E-state index in [4.69, 9.17) is 9.47 Å². The van der Waals surface area contributed by atoms with Gasteiger partial charge in [-0.3, -0.25) is 0 Å². The van der Waals surface area contributed by atoms with Crippen molar-refractivity contribution in [2.45, 2.75) is 0 Å². The fourth-order valence-corrected chi connectivity index (χ4v) is 2.19. The Balaban J connectivity index is 0. The number of aliphatic carboxylic acids is 2. The van der Waals surface area contributed by atoms with Gasteiger partial charge in [0, 0.05) is 0 Å². The average molecular weight is 522 g/mol. The predicted octanol–water partition coefficient (Wildman–Crippen LogP) is -6.84. The van der Waals surface area contributed by atoms with Gasteiger partial charge in [-0.25, -0.2) is 0 Å². The van der Waals surface area contributed by atoms with Crippen LogP contribution in [0, 0.1) is 7.14 Å². The minimum absolute atomic E-state index is 0. The normalized spacial score (nSPS) is 8.90. The van der Waals surface area contributed by atoms with Crippen molar-refractivity contribution in [3.05, 3.63) is 19.3 Å². The summed E-state index contributed by atoms with van der Waals surface area (Å²) in [6.07, 6.45) is 0. The summed E-state index contributed by atoms with van der Waals surface area (Å²) in [5, 5.41) is 20.6. The Hall–Kier alpha value is 1.22. The van der Waals surface area contributed by atoms with Crippen molar-refractivity contribution < 1.29 is 88.4 Å². The first-order chi connectivity index (χ1) is 8.40. The molecule has 1 aromatic rings. The molecule has 0 spiro atoms. The van der Waals surface area contributed by atoms with E-state index in [-0.39, 0.29) is 59.1 Å². The van der Waals surface area contributed by atoms with Crippen LogP contribution < -0.4 is 78.8 Å². The molecule has 0 aliphatic heterocycles. The number of halogens is 2. The number of carbonyl (C=O) groups is 2. The Morgan fingerprint density at radius 3 is 1.45 bits per heavy atom. The molecule has 98 valence electrons. The molecule has 20 heavy (non-hydrogen) atoms. The molecule has 0 aliphatic carbocycles. The van der Waals surface area contributed by atoms with Gasteiger partial charge >= 0.3 is 59.1 Å². The maximum absolute atomic E-state index is 10.3. The number of hydrogen-bond acceptors (Lipinski definition) is 6. The smallest absolute Gasteiger partial charge is 0.546 e. The Morgan fingerprint density at radius 1 is 0.900 bits per heavy atom. The summed E-state index contributed by atoms with van der Waals surface area (Å²) < 4.78 is 11.2. The number of rotatable bonds is 6. The summed E-state index contributed by atoms with van der Waals surface area (Å²) in [6.45, 7) is -1.10. The van der Waals surface area contributed by atoms with Gasteiger partial charge in [-0.05, 0) is 57.3 Å². The zero-order valence-corrected chi connectivity index (χ0v) is 19.1. The first kappa shape index (κ1) is 23.5. The van der Waals surface area contributed by atoms with E-state index in [1.54, 1.807) is 12.1 Å². The van der Waals surface area contributed by atoms with E-state index >= 15 is 0 Å². The first-order valence-electron chi connectivity index (χ1n) is 4.54. The zero-order valence-electron chi connectivity index (χ0n) is 10.8. The Bertz CT molecular complexity index is 439.